The Bertz CT molecular complexity index is 1320. The third-order valence-corrected chi connectivity index (χ3v) is 7.77. The second kappa shape index (κ2) is 9.33. The number of carbonyl (C=O) groups excluding carboxylic acids is 1. The molecule has 5 heteroatoms. The second-order valence-electron chi connectivity index (χ2n) is 9.73. The third kappa shape index (κ3) is 4.05. The Morgan fingerprint density at radius 1 is 0.943 bits per heavy atom. The Morgan fingerprint density at radius 3 is 2.40 bits per heavy atom. The molecule has 0 saturated carbocycles. The summed E-state index contributed by atoms with van der Waals surface area (Å²) in [5.41, 5.74) is 6.18. The number of benzene rings is 3. The summed E-state index contributed by atoms with van der Waals surface area (Å²) in [7, 11) is 1.51. The van der Waals surface area contributed by atoms with Crippen LogP contribution in [0.25, 0.3) is 10.9 Å². The number of rotatable bonds is 5. The molecule has 0 aliphatic carbocycles. The number of ether oxygens (including phenoxy) is 1. The Hall–Kier alpha value is -3.41. The van der Waals surface area contributed by atoms with Crippen LogP contribution in [0.4, 0.5) is 0 Å². The lowest BCUT2D eigenvalue weighted by atomic mass is 9.79. The SMILES string of the molecule is COC(=O)[C@@H]1Cc2c([nH]c3ccccc23)[C@H]2C[C@H](NCc3ccccc3)C[C@@H](c3ccccc3)N21. The van der Waals surface area contributed by atoms with Crippen molar-refractivity contribution in [3.8, 4) is 0 Å². The maximum Gasteiger partial charge on any atom is 0.323 e. The van der Waals surface area contributed by atoms with Gasteiger partial charge in [0.2, 0.25) is 0 Å². The smallest absolute Gasteiger partial charge is 0.323 e. The van der Waals surface area contributed by atoms with Gasteiger partial charge in [0, 0.05) is 41.6 Å². The first-order valence-electron chi connectivity index (χ1n) is 12.5. The van der Waals surface area contributed by atoms with Gasteiger partial charge < -0.3 is 15.0 Å². The topological polar surface area (TPSA) is 57.4 Å². The zero-order valence-electron chi connectivity index (χ0n) is 20.0. The van der Waals surface area contributed by atoms with Crippen LogP contribution in [-0.2, 0) is 22.5 Å². The Morgan fingerprint density at radius 2 is 1.63 bits per heavy atom. The van der Waals surface area contributed by atoms with Crippen LogP contribution < -0.4 is 5.32 Å². The van der Waals surface area contributed by atoms with Crippen molar-refractivity contribution in [1.82, 2.24) is 15.2 Å². The van der Waals surface area contributed by atoms with Gasteiger partial charge in [-0.25, -0.2) is 0 Å². The molecule has 2 aliphatic heterocycles. The normalized spacial score (nSPS) is 24.0. The first-order valence-corrected chi connectivity index (χ1v) is 12.5. The summed E-state index contributed by atoms with van der Waals surface area (Å²) < 4.78 is 5.35. The number of methoxy groups -OCH3 is 1. The molecule has 178 valence electrons. The van der Waals surface area contributed by atoms with E-state index in [4.69, 9.17) is 4.74 Å². The predicted molar refractivity (Wildman–Crippen MR) is 138 cm³/mol. The summed E-state index contributed by atoms with van der Waals surface area (Å²) in [5.74, 6) is -0.150. The van der Waals surface area contributed by atoms with Crippen molar-refractivity contribution >= 4 is 16.9 Å². The molecule has 0 unspecified atom stereocenters. The van der Waals surface area contributed by atoms with Crippen molar-refractivity contribution in [2.75, 3.05) is 7.11 Å². The summed E-state index contributed by atoms with van der Waals surface area (Å²) in [6.45, 7) is 0.833. The molecule has 1 aromatic heterocycles. The number of hydrogen-bond donors (Lipinski definition) is 2. The highest BCUT2D eigenvalue weighted by molar-refractivity contribution is 5.87. The number of esters is 1. The quantitative estimate of drug-likeness (QED) is 0.393. The largest absolute Gasteiger partial charge is 0.468 e. The van der Waals surface area contributed by atoms with Crippen molar-refractivity contribution in [2.24, 2.45) is 0 Å². The van der Waals surface area contributed by atoms with E-state index in [0.29, 0.717) is 12.5 Å². The maximum atomic E-state index is 13.2. The summed E-state index contributed by atoms with van der Waals surface area (Å²) in [5, 5.41) is 5.05. The highest BCUT2D eigenvalue weighted by atomic mass is 16.5. The lowest BCUT2D eigenvalue weighted by molar-refractivity contribution is -0.152. The molecule has 3 heterocycles. The number of aromatic amines is 1. The van der Waals surface area contributed by atoms with E-state index in [1.807, 2.05) is 0 Å². The van der Waals surface area contributed by atoms with Gasteiger partial charge in [-0.3, -0.25) is 9.69 Å². The molecule has 0 radical (unpaired) electrons. The predicted octanol–water partition coefficient (Wildman–Crippen LogP) is 5.30. The van der Waals surface area contributed by atoms with E-state index < -0.39 is 0 Å². The molecule has 4 atom stereocenters. The molecular formula is C30H31N3O2. The van der Waals surface area contributed by atoms with E-state index in [1.54, 1.807) is 0 Å². The van der Waals surface area contributed by atoms with Gasteiger partial charge in [-0.05, 0) is 35.6 Å². The van der Waals surface area contributed by atoms with Crippen molar-refractivity contribution in [2.45, 2.75) is 50.0 Å². The minimum absolute atomic E-state index is 0.0995. The number of piperidine rings is 1. The molecule has 1 fully saturated rings. The van der Waals surface area contributed by atoms with Crippen molar-refractivity contribution in [3.05, 3.63) is 107 Å². The Balaban J connectivity index is 1.42. The molecule has 0 spiro atoms. The molecular weight excluding hydrogens is 434 g/mol. The van der Waals surface area contributed by atoms with Crippen LogP contribution in [0.1, 0.15) is 47.3 Å². The lowest BCUT2D eigenvalue weighted by Crippen LogP contribution is -2.55. The van der Waals surface area contributed by atoms with Gasteiger partial charge in [-0.2, -0.15) is 0 Å². The second-order valence-corrected chi connectivity index (χ2v) is 9.73. The summed E-state index contributed by atoms with van der Waals surface area (Å²) in [4.78, 5) is 19.3. The minimum atomic E-state index is -0.308. The highest BCUT2D eigenvalue weighted by Gasteiger charge is 2.48. The zero-order valence-corrected chi connectivity index (χ0v) is 20.0. The number of H-pyrrole nitrogens is 1. The van der Waals surface area contributed by atoms with E-state index in [1.165, 1.54) is 34.9 Å². The first kappa shape index (κ1) is 22.1. The van der Waals surface area contributed by atoms with Crippen molar-refractivity contribution in [1.29, 1.82) is 0 Å². The number of aromatic nitrogens is 1. The van der Waals surface area contributed by atoms with E-state index in [9.17, 15) is 4.79 Å². The maximum absolute atomic E-state index is 13.2. The molecule has 5 nitrogen and oxygen atoms in total. The molecule has 3 aromatic carbocycles. The average molecular weight is 466 g/mol. The minimum Gasteiger partial charge on any atom is -0.468 e. The molecule has 1 saturated heterocycles. The van der Waals surface area contributed by atoms with Crippen LogP contribution in [0.5, 0.6) is 0 Å². The molecule has 4 aromatic rings. The number of nitrogens with one attached hydrogen (secondary N) is 2. The van der Waals surface area contributed by atoms with E-state index in [2.05, 4.69) is 100 Å². The van der Waals surface area contributed by atoms with Gasteiger partial charge in [-0.15, -0.1) is 0 Å². The lowest BCUT2D eigenvalue weighted by Gasteiger charge is -2.50. The molecule has 35 heavy (non-hydrogen) atoms. The Labute approximate surface area is 206 Å². The fraction of sp³-hybridized carbons (Fsp3) is 0.300. The number of para-hydroxylation sites is 1. The number of carbonyl (C=O) groups is 1. The highest BCUT2D eigenvalue weighted by Crippen LogP contribution is 2.48. The van der Waals surface area contributed by atoms with E-state index >= 15 is 0 Å². The first-order chi connectivity index (χ1) is 17.2. The van der Waals surface area contributed by atoms with Crippen LogP contribution in [0.2, 0.25) is 0 Å². The van der Waals surface area contributed by atoms with Crippen LogP contribution in [-0.4, -0.2) is 35.0 Å². The fourth-order valence-corrected chi connectivity index (χ4v) is 6.17. The van der Waals surface area contributed by atoms with Gasteiger partial charge >= 0.3 is 5.97 Å². The van der Waals surface area contributed by atoms with Gasteiger partial charge in [0.15, 0.2) is 0 Å². The van der Waals surface area contributed by atoms with Crippen LogP contribution in [0.3, 0.4) is 0 Å². The molecule has 2 N–H and O–H groups in total. The zero-order chi connectivity index (χ0) is 23.8. The van der Waals surface area contributed by atoms with Gasteiger partial charge in [-0.1, -0.05) is 78.9 Å². The van der Waals surface area contributed by atoms with Gasteiger partial charge in [0.1, 0.15) is 6.04 Å². The van der Waals surface area contributed by atoms with Crippen molar-refractivity contribution in [3.63, 3.8) is 0 Å². The van der Waals surface area contributed by atoms with Crippen molar-refractivity contribution < 1.29 is 9.53 Å². The number of nitrogens with zero attached hydrogens (tertiary/aromatic N) is 1. The van der Waals surface area contributed by atoms with Gasteiger partial charge in [0.25, 0.3) is 0 Å². The van der Waals surface area contributed by atoms with Crippen LogP contribution in [0.15, 0.2) is 84.9 Å². The molecule has 6 rings (SSSR count). The monoisotopic (exact) mass is 465 g/mol. The van der Waals surface area contributed by atoms with Gasteiger partial charge in [0.05, 0.1) is 13.2 Å². The summed E-state index contributed by atoms with van der Waals surface area (Å²) >= 11 is 0. The molecule has 0 amide bonds. The van der Waals surface area contributed by atoms with E-state index in [0.717, 1.165) is 24.9 Å². The summed E-state index contributed by atoms with van der Waals surface area (Å²) in [6, 6.07) is 29.9. The van der Waals surface area contributed by atoms with Crippen LogP contribution in [0, 0.1) is 0 Å². The third-order valence-electron chi connectivity index (χ3n) is 7.77. The fourth-order valence-electron chi connectivity index (χ4n) is 6.17. The Kier molecular flexibility index (Phi) is 5.88. The molecule has 0 bridgehead atoms. The number of fused-ring (bicyclic) bond motifs is 5. The summed E-state index contributed by atoms with van der Waals surface area (Å²) in [6.07, 6.45) is 2.54. The van der Waals surface area contributed by atoms with Crippen LogP contribution >= 0.6 is 0 Å². The standard InChI is InChI=1S/C30H31N3O2/c1-35-30(34)28-18-24-23-14-8-9-15-25(23)32-29(24)27-17-22(31-19-20-10-4-2-5-11-20)16-26(33(27)28)21-12-6-3-7-13-21/h2-15,22,26-28,31-32H,16-19H2,1H3/t22-,26+,27-,28+/m1/s1. The van der Waals surface area contributed by atoms with E-state index in [-0.39, 0.29) is 24.1 Å². The number of hydrogen-bond acceptors (Lipinski definition) is 4. The average Bonchev–Trinajstić information content (AvgIpc) is 3.30. The molecule has 2 aliphatic rings.